The minimum absolute atomic E-state index is 0.555. The summed E-state index contributed by atoms with van der Waals surface area (Å²) in [4.78, 5) is 14.2. The fourth-order valence-corrected chi connectivity index (χ4v) is 8.45. The quantitative estimate of drug-likeness (QED) is 0.158. The number of para-hydroxylation sites is 2. The van der Waals surface area contributed by atoms with Crippen LogP contribution in [-0.4, -0.2) is 14.5 Å². The van der Waals surface area contributed by atoms with Crippen LogP contribution in [0.5, 0.6) is 0 Å². The summed E-state index contributed by atoms with van der Waals surface area (Å²) in [6.45, 7) is 7.74. The predicted octanol–water partition coefficient (Wildman–Crippen LogP) is 14.2. The Morgan fingerprint density at radius 1 is 0.517 bits per heavy atom. The molecule has 0 N–H and O–H groups in total. The molecule has 0 bridgehead atoms. The average molecular weight is 766 g/mol. The smallest absolute Gasteiger partial charge is 0.187 e. The molecule has 0 amide bonds. The van der Waals surface area contributed by atoms with Gasteiger partial charge in [-0.1, -0.05) is 133 Å². The van der Waals surface area contributed by atoms with E-state index in [1.165, 1.54) is 0 Å². The zero-order chi connectivity index (χ0) is 40.2. The van der Waals surface area contributed by atoms with E-state index >= 15 is 0 Å². The van der Waals surface area contributed by atoms with E-state index in [0.29, 0.717) is 17.1 Å². The molecule has 6 heteroatoms. The van der Waals surface area contributed by atoms with Crippen molar-refractivity contribution in [2.24, 2.45) is 0 Å². The highest BCUT2D eigenvalue weighted by Crippen LogP contribution is 2.46. The lowest BCUT2D eigenvalue weighted by molar-refractivity contribution is 0.673. The van der Waals surface area contributed by atoms with Gasteiger partial charge in [0.25, 0.3) is 0 Å². The van der Waals surface area contributed by atoms with Crippen LogP contribution in [0.25, 0.3) is 110 Å². The van der Waals surface area contributed by atoms with Gasteiger partial charge in [-0.25, -0.2) is 14.8 Å². The van der Waals surface area contributed by atoms with Crippen molar-refractivity contribution in [2.75, 3.05) is 0 Å². The third-order valence-corrected chi connectivity index (χ3v) is 11.3. The molecule has 0 radical (unpaired) electrons. The van der Waals surface area contributed by atoms with Crippen LogP contribution in [0.15, 0.2) is 192 Å². The van der Waals surface area contributed by atoms with Gasteiger partial charge in [0.15, 0.2) is 11.5 Å². The van der Waals surface area contributed by atoms with Crippen LogP contribution in [-0.2, 0) is 0 Å². The minimum atomic E-state index is 0.555. The van der Waals surface area contributed by atoms with Gasteiger partial charge in [-0.05, 0) is 65.7 Å². The fourth-order valence-electron chi connectivity index (χ4n) is 8.45. The van der Waals surface area contributed by atoms with Gasteiger partial charge in [-0.2, -0.15) is 5.26 Å². The summed E-state index contributed by atoms with van der Waals surface area (Å²) in [5.74, 6) is 0.571. The van der Waals surface area contributed by atoms with Crippen LogP contribution >= 0.6 is 0 Å². The van der Waals surface area contributed by atoms with Crippen molar-refractivity contribution in [3.63, 3.8) is 0 Å². The molecule has 0 fully saturated rings. The minimum Gasteiger partial charge on any atom is -0.455 e. The summed E-state index contributed by atoms with van der Waals surface area (Å²) in [7, 11) is 0. The monoisotopic (exact) mass is 765 g/mol. The van der Waals surface area contributed by atoms with Crippen molar-refractivity contribution >= 4 is 49.4 Å². The van der Waals surface area contributed by atoms with Crippen molar-refractivity contribution in [2.45, 2.75) is 0 Å². The molecule has 0 spiro atoms. The molecule has 60 heavy (non-hydrogen) atoms. The Morgan fingerprint density at radius 3 is 1.73 bits per heavy atom. The molecule has 0 aliphatic carbocycles. The van der Waals surface area contributed by atoms with Crippen molar-refractivity contribution in [1.82, 2.24) is 14.5 Å². The number of benzene rings is 8. The van der Waals surface area contributed by atoms with Gasteiger partial charge in [0, 0.05) is 44.0 Å². The molecule has 278 valence electrons. The van der Waals surface area contributed by atoms with E-state index in [1.54, 1.807) is 0 Å². The SMILES string of the molecule is [C-]#[N+]c1ccc(-c2cc(-c3nc(-c4ccccc4)cc(-c4ccccc4)n3)cc(-c3ccc(C#N)cc3)c2-n2c3ccccc3c3c4oc5ccccc5c4ccc32)cc1. The number of nitriles is 1. The topological polar surface area (TPSA) is 72.0 Å². The third-order valence-electron chi connectivity index (χ3n) is 11.3. The first-order valence-electron chi connectivity index (χ1n) is 19.7. The molecule has 0 saturated carbocycles. The number of furan rings is 1. The van der Waals surface area contributed by atoms with E-state index < -0.39 is 0 Å². The second kappa shape index (κ2) is 14.1. The first-order valence-corrected chi connectivity index (χ1v) is 19.7. The van der Waals surface area contributed by atoms with E-state index in [1.807, 2.05) is 109 Å². The number of hydrogen-bond acceptors (Lipinski definition) is 4. The fraction of sp³-hybridized carbons (Fsp3) is 0. The molecule has 0 aliphatic heterocycles. The van der Waals surface area contributed by atoms with E-state index in [4.69, 9.17) is 21.0 Å². The van der Waals surface area contributed by atoms with Crippen molar-refractivity contribution < 1.29 is 4.42 Å². The van der Waals surface area contributed by atoms with Gasteiger partial charge in [0.05, 0.1) is 51.7 Å². The number of rotatable bonds is 6. The normalized spacial score (nSPS) is 11.3. The summed E-state index contributed by atoms with van der Waals surface area (Å²) in [5.41, 5.74) is 13.8. The maximum Gasteiger partial charge on any atom is 0.187 e. The van der Waals surface area contributed by atoms with Crippen molar-refractivity contribution in [1.29, 1.82) is 5.26 Å². The summed E-state index contributed by atoms with van der Waals surface area (Å²) < 4.78 is 9.02. The largest absolute Gasteiger partial charge is 0.455 e. The first-order chi connectivity index (χ1) is 29.6. The zero-order valence-electron chi connectivity index (χ0n) is 32.0. The number of aromatic nitrogens is 3. The average Bonchev–Trinajstić information content (AvgIpc) is 3.87. The maximum absolute atomic E-state index is 9.85. The van der Waals surface area contributed by atoms with Crippen LogP contribution in [0.4, 0.5) is 5.69 Å². The Hall–Kier alpha value is -8.58. The Labute approximate surface area is 345 Å². The van der Waals surface area contributed by atoms with Gasteiger partial charge in [-0.3, -0.25) is 0 Å². The highest BCUT2D eigenvalue weighted by atomic mass is 16.3. The van der Waals surface area contributed by atoms with E-state index in [9.17, 15) is 5.26 Å². The van der Waals surface area contributed by atoms with Gasteiger partial charge in [0.2, 0.25) is 0 Å². The first kappa shape index (κ1) is 34.7. The van der Waals surface area contributed by atoms with Crippen LogP contribution in [0.3, 0.4) is 0 Å². The second-order valence-electron chi connectivity index (χ2n) is 14.7. The highest BCUT2D eigenvalue weighted by molar-refractivity contribution is 6.24. The van der Waals surface area contributed by atoms with E-state index in [2.05, 4.69) is 94.3 Å². The third kappa shape index (κ3) is 5.71. The zero-order valence-corrected chi connectivity index (χ0v) is 32.0. The summed E-state index contributed by atoms with van der Waals surface area (Å²) >= 11 is 0. The molecule has 3 aromatic heterocycles. The number of nitrogens with zero attached hydrogens (tertiary/aromatic N) is 5. The van der Waals surface area contributed by atoms with Crippen LogP contribution in [0.1, 0.15) is 5.56 Å². The lowest BCUT2D eigenvalue weighted by Gasteiger charge is -2.21. The molecule has 6 nitrogen and oxygen atoms in total. The van der Waals surface area contributed by atoms with Gasteiger partial charge >= 0.3 is 0 Å². The molecule has 8 aromatic carbocycles. The van der Waals surface area contributed by atoms with Gasteiger partial charge < -0.3 is 8.98 Å². The lowest BCUT2D eigenvalue weighted by Crippen LogP contribution is -2.03. The predicted molar refractivity (Wildman–Crippen MR) is 242 cm³/mol. The molecule has 3 heterocycles. The summed E-state index contributed by atoms with van der Waals surface area (Å²) in [6.07, 6.45) is 0. The van der Waals surface area contributed by atoms with Crippen LogP contribution in [0.2, 0.25) is 0 Å². The Kier molecular flexibility index (Phi) is 8.15. The van der Waals surface area contributed by atoms with Gasteiger partial charge in [-0.15, -0.1) is 0 Å². The summed E-state index contributed by atoms with van der Waals surface area (Å²) in [6, 6.07) is 65.5. The Bertz CT molecular complexity index is 3400. The standard InChI is InChI=1S/C54H31N5O/c1-56-40-26-24-36(25-27-40)45-31-39(54-57-46(37-12-4-2-5-13-37)32-47(58-54)38-14-6-3-7-15-38)30-44(35-22-20-34(33-55)21-23-35)52(45)59-48-18-10-8-17-43(48)51-49(59)29-28-42-41-16-9-11-19-50(41)60-53(42)51/h2-32H. The number of hydrogen-bond donors (Lipinski definition) is 0. The number of fused-ring (bicyclic) bond motifs is 7. The van der Waals surface area contributed by atoms with E-state index in [0.717, 1.165) is 99.8 Å². The molecule has 0 atom stereocenters. The Balaban J connectivity index is 1.28. The molecular weight excluding hydrogens is 735 g/mol. The molecule has 0 aliphatic rings. The highest BCUT2D eigenvalue weighted by Gasteiger charge is 2.25. The molecule has 11 aromatic rings. The maximum atomic E-state index is 9.85. The van der Waals surface area contributed by atoms with E-state index in [-0.39, 0.29) is 0 Å². The van der Waals surface area contributed by atoms with Crippen LogP contribution in [0, 0.1) is 17.9 Å². The molecule has 11 rings (SSSR count). The lowest BCUT2D eigenvalue weighted by atomic mass is 9.92. The summed E-state index contributed by atoms with van der Waals surface area (Å²) in [5, 5.41) is 14.1. The van der Waals surface area contributed by atoms with Gasteiger partial charge in [0.1, 0.15) is 11.2 Å². The Morgan fingerprint density at radius 2 is 1.10 bits per heavy atom. The van der Waals surface area contributed by atoms with Crippen molar-refractivity contribution in [3.05, 3.63) is 205 Å². The molecular formula is C54H31N5O. The molecule has 0 unspecified atom stereocenters. The van der Waals surface area contributed by atoms with Crippen molar-refractivity contribution in [3.8, 4) is 67.9 Å². The molecule has 0 saturated heterocycles. The second-order valence-corrected chi connectivity index (χ2v) is 14.7. The van der Waals surface area contributed by atoms with Crippen LogP contribution < -0.4 is 0 Å².